The molecule has 2 spiro atoms. The summed E-state index contributed by atoms with van der Waals surface area (Å²) in [6.45, 7) is 0. The lowest BCUT2D eigenvalue weighted by atomic mass is 9.65. The number of hydrogen-bond acceptors (Lipinski definition) is 1. The molecule has 0 radical (unpaired) electrons. The van der Waals surface area contributed by atoms with Crippen LogP contribution in [0.15, 0.2) is 279 Å². The number of nitrogens with zero attached hydrogens (tertiary/aromatic N) is 2. The van der Waals surface area contributed by atoms with Gasteiger partial charge in [-0.1, -0.05) is 237 Å². The Morgan fingerprint density at radius 2 is 0.731 bits per heavy atom. The summed E-state index contributed by atoms with van der Waals surface area (Å²) in [6.07, 6.45) is 0. The minimum absolute atomic E-state index is 0.475. The second-order valence-corrected chi connectivity index (χ2v) is 21.8. The summed E-state index contributed by atoms with van der Waals surface area (Å²) in [5, 5.41) is 7.38. The van der Waals surface area contributed by atoms with Gasteiger partial charge in [-0.3, -0.25) is 0 Å². The molecule has 0 saturated heterocycles. The Hall–Kier alpha value is -10.0. The summed E-state index contributed by atoms with van der Waals surface area (Å²) in [5.74, 6) is 0. The Balaban J connectivity index is 0.876. The van der Waals surface area contributed by atoms with Crippen LogP contribution in [0, 0.1) is 0 Å². The van der Waals surface area contributed by atoms with E-state index in [1.165, 1.54) is 138 Å². The van der Waals surface area contributed by atoms with Gasteiger partial charge in [0.05, 0.1) is 38.9 Å². The summed E-state index contributed by atoms with van der Waals surface area (Å²) < 4.78 is 2.53. The molecule has 4 aliphatic rings. The molecule has 0 saturated carbocycles. The van der Waals surface area contributed by atoms with E-state index in [9.17, 15) is 0 Å². The molecule has 78 heavy (non-hydrogen) atoms. The number of benzene rings is 13. The van der Waals surface area contributed by atoms with Gasteiger partial charge in [0.2, 0.25) is 0 Å². The van der Waals surface area contributed by atoms with Crippen LogP contribution < -0.4 is 4.90 Å². The van der Waals surface area contributed by atoms with Crippen LogP contribution in [0.1, 0.15) is 44.5 Å². The highest BCUT2D eigenvalue weighted by atomic mass is 15.1. The SMILES string of the molecule is c1ccc2c(c1)-c1ccccc1C21c2ccccc2-c2ccc(N(c3cccc4ccccc34)c3ccc(-c4ccc5c(c4)C4(c6ccccc6-5)c5ccccc5-n5c6ccccc6c6cccc4c65)c4ccccc34)cc21. The molecule has 3 aliphatic carbocycles. The Kier molecular flexibility index (Phi) is 8.29. The first-order valence-corrected chi connectivity index (χ1v) is 27.3. The Morgan fingerprint density at radius 1 is 0.269 bits per heavy atom. The lowest BCUT2D eigenvalue weighted by Gasteiger charge is -2.39. The van der Waals surface area contributed by atoms with Crippen LogP contribution in [0.3, 0.4) is 0 Å². The normalized spacial score (nSPS) is 15.3. The fourth-order valence-corrected chi connectivity index (χ4v) is 15.5. The van der Waals surface area contributed by atoms with E-state index in [4.69, 9.17) is 0 Å². The van der Waals surface area contributed by atoms with Crippen molar-refractivity contribution in [2.24, 2.45) is 0 Å². The predicted octanol–water partition coefficient (Wildman–Crippen LogP) is 19.2. The van der Waals surface area contributed by atoms with Gasteiger partial charge in [0.1, 0.15) is 0 Å². The van der Waals surface area contributed by atoms with Gasteiger partial charge in [-0.05, 0) is 142 Å². The molecule has 360 valence electrons. The first-order valence-electron chi connectivity index (χ1n) is 27.3. The Morgan fingerprint density at radius 3 is 1.44 bits per heavy atom. The van der Waals surface area contributed by atoms with Crippen molar-refractivity contribution < 1.29 is 0 Å². The molecule has 0 N–H and O–H groups in total. The van der Waals surface area contributed by atoms with Crippen LogP contribution in [0.5, 0.6) is 0 Å². The van der Waals surface area contributed by atoms with Crippen LogP contribution in [0.25, 0.3) is 93.5 Å². The van der Waals surface area contributed by atoms with Crippen LogP contribution in [-0.2, 0) is 10.8 Å². The second-order valence-electron chi connectivity index (χ2n) is 21.8. The summed E-state index contributed by atoms with van der Waals surface area (Å²) in [5.41, 5.74) is 27.0. The first kappa shape index (κ1) is 42.2. The van der Waals surface area contributed by atoms with E-state index in [-0.39, 0.29) is 0 Å². The van der Waals surface area contributed by atoms with E-state index in [2.05, 4.69) is 289 Å². The van der Waals surface area contributed by atoms with Crippen LogP contribution in [-0.4, -0.2) is 4.57 Å². The average molecular weight is 987 g/mol. The quantitative estimate of drug-likeness (QED) is 0.171. The average Bonchev–Trinajstić information content (AvgIpc) is 3.45. The van der Waals surface area contributed by atoms with E-state index in [1.54, 1.807) is 0 Å². The summed E-state index contributed by atoms with van der Waals surface area (Å²) in [6, 6.07) is 106. The first-order chi connectivity index (χ1) is 38.7. The van der Waals surface area contributed by atoms with Crippen LogP contribution in [0.4, 0.5) is 17.1 Å². The fraction of sp³-hybridized carbons (Fsp3) is 0.0263. The molecule has 14 aromatic rings. The number of fused-ring (bicyclic) bond motifs is 24. The minimum Gasteiger partial charge on any atom is -0.309 e. The summed E-state index contributed by atoms with van der Waals surface area (Å²) in [7, 11) is 0. The summed E-state index contributed by atoms with van der Waals surface area (Å²) in [4.78, 5) is 2.55. The number of aromatic nitrogens is 1. The van der Waals surface area contributed by atoms with E-state index in [0.29, 0.717) is 0 Å². The number of para-hydroxylation sites is 3. The van der Waals surface area contributed by atoms with Gasteiger partial charge >= 0.3 is 0 Å². The zero-order valence-corrected chi connectivity index (χ0v) is 42.5. The van der Waals surface area contributed by atoms with Crippen molar-refractivity contribution in [2.75, 3.05) is 4.90 Å². The van der Waals surface area contributed by atoms with Crippen molar-refractivity contribution in [3.8, 4) is 50.2 Å². The van der Waals surface area contributed by atoms with Gasteiger partial charge in [-0.2, -0.15) is 0 Å². The molecule has 18 rings (SSSR count). The van der Waals surface area contributed by atoms with Crippen molar-refractivity contribution in [3.05, 3.63) is 324 Å². The highest BCUT2D eigenvalue weighted by molar-refractivity contribution is 6.14. The van der Waals surface area contributed by atoms with Crippen molar-refractivity contribution in [2.45, 2.75) is 10.8 Å². The molecule has 0 bridgehead atoms. The highest BCUT2D eigenvalue weighted by Crippen LogP contribution is 2.65. The third-order valence-electron chi connectivity index (χ3n) is 18.4. The number of rotatable bonds is 4. The maximum Gasteiger partial charge on any atom is 0.0754 e. The summed E-state index contributed by atoms with van der Waals surface area (Å²) >= 11 is 0. The lowest BCUT2D eigenvalue weighted by Crippen LogP contribution is -2.33. The van der Waals surface area contributed by atoms with E-state index >= 15 is 0 Å². The molecular weight excluding hydrogens is 941 g/mol. The van der Waals surface area contributed by atoms with Crippen molar-refractivity contribution in [1.29, 1.82) is 0 Å². The Labute approximate surface area is 452 Å². The number of anilines is 3. The smallest absolute Gasteiger partial charge is 0.0754 e. The molecule has 0 amide bonds. The third kappa shape index (κ3) is 5.13. The molecule has 13 aromatic carbocycles. The third-order valence-corrected chi connectivity index (χ3v) is 18.4. The largest absolute Gasteiger partial charge is 0.309 e. The topological polar surface area (TPSA) is 8.17 Å². The van der Waals surface area contributed by atoms with Crippen LogP contribution >= 0.6 is 0 Å². The maximum absolute atomic E-state index is 2.55. The van der Waals surface area contributed by atoms with E-state index in [1.807, 2.05) is 0 Å². The van der Waals surface area contributed by atoms with E-state index < -0.39 is 10.8 Å². The molecule has 0 fully saturated rings. The van der Waals surface area contributed by atoms with Gasteiger partial charge in [0, 0.05) is 27.2 Å². The van der Waals surface area contributed by atoms with Gasteiger partial charge in [-0.25, -0.2) is 0 Å². The van der Waals surface area contributed by atoms with Gasteiger partial charge in [0.25, 0.3) is 0 Å². The minimum atomic E-state index is -0.547. The van der Waals surface area contributed by atoms with Crippen molar-refractivity contribution in [3.63, 3.8) is 0 Å². The van der Waals surface area contributed by atoms with Gasteiger partial charge in [-0.15, -0.1) is 0 Å². The van der Waals surface area contributed by atoms with Crippen LogP contribution in [0.2, 0.25) is 0 Å². The fourth-order valence-electron chi connectivity index (χ4n) is 15.5. The van der Waals surface area contributed by atoms with E-state index in [0.717, 1.165) is 17.1 Å². The predicted molar refractivity (Wildman–Crippen MR) is 323 cm³/mol. The lowest BCUT2D eigenvalue weighted by molar-refractivity contribution is 0.749. The molecule has 2 heterocycles. The zero-order valence-electron chi connectivity index (χ0n) is 42.5. The van der Waals surface area contributed by atoms with Gasteiger partial charge < -0.3 is 9.47 Å². The monoisotopic (exact) mass is 986 g/mol. The standard InChI is InChI=1S/C76H46N2/c1-2-21-51-47(19-1)20-17-38-70(51)77(49-40-42-58-56-26-7-12-32-64(56)75(69(58)46-49)62-30-10-5-23-53(62)54-24-6-11-31-63(54)75)72-44-43-50(52-22-3-4-27-59(52)72)48-39-41-57-55-25-8-13-33-65(55)76(68(57)45-48)66-34-14-16-37-73(66)78-71-36-15-9-28-60(71)61-29-18-35-67(76)74(61)78/h1-46H. The molecular formula is C76H46N2. The highest BCUT2D eigenvalue weighted by Gasteiger charge is 2.53. The van der Waals surface area contributed by atoms with Gasteiger partial charge in [0.15, 0.2) is 0 Å². The molecule has 1 aliphatic heterocycles. The second kappa shape index (κ2) is 15.3. The van der Waals surface area contributed by atoms with Crippen molar-refractivity contribution in [1.82, 2.24) is 4.57 Å². The maximum atomic E-state index is 2.55. The zero-order chi connectivity index (χ0) is 50.8. The molecule has 2 nitrogen and oxygen atoms in total. The number of hydrogen-bond donors (Lipinski definition) is 0. The molecule has 1 atom stereocenters. The Bertz CT molecular complexity index is 4890. The molecule has 1 unspecified atom stereocenters. The van der Waals surface area contributed by atoms with Crippen molar-refractivity contribution >= 4 is 60.4 Å². The molecule has 1 aromatic heterocycles. The molecule has 2 heteroatoms.